The average Bonchev–Trinajstić information content (AvgIpc) is 3.04. The van der Waals surface area contributed by atoms with Gasteiger partial charge in [0.25, 0.3) is 0 Å². The van der Waals surface area contributed by atoms with Crippen molar-refractivity contribution in [3.63, 3.8) is 0 Å². The van der Waals surface area contributed by atoms with Crippen molar-refractivity contribution in [2.24, 2.45) is 0 Å². The Balaban J connectivity index is 1.94. The molecule has 0 radical (unpaired) electrons. The molecular formula is C23H32O7S. The first-order chi connectivity index (χ1) is 14.7. The SMILES string of the molecule is CCOC(=O)C1=CC2(CCC1[SH](C)(=O)Cc1cccc(C)c1)OC(/C=C/O)[C@H](CO)O2. The van der Waals surface area contributed by atoms with Crippen LogP contribution in [-0.2, 0) is 34.7 Å². The molecule has 3 rings (SSSR count). The molecule has 0 amide bonds. The lowest BCUT2D eigenvalue weighted by Gasteiger charge is -2.38. The standard InChI is InChI=1S/C23H32O7S/c1-4-28-22(26)18-13-23(29-19(9-11-24)20(14-25)30-23)10-8-21(18)31(3,27)15-17-7-5-6-16(2)12-17/h5-7,9,11-13,19-21,24-25,31H,4,8,10,14-15H2,1-3H3/b11-9+/t19?,20-,21?,23?/m0/s1. The fraction of sp³-hybridized carbons (Fsp3) is 0.522. The number of carbonyl (C=O) groups is 1. The van der Waals surface area contributed by atoms with Crippen molar-refractivity contribution in [3.05, 3.63) is 59.4 Å². The zero-order valence-corrected chi connectivity index (χ0v) is 19.1. The molecule has 1 aromatic carbocycles. The van der Waals surface area contributed by atoms with Crippen molar-refractivity contribution in [2.45, 2.75) is 55.7 Å². The molecule has 1 aromatic rings. The topological polar surface area (TPSA) is 102 Å². The van der Waals surface area contributed by atoms with Gasteiger partial charge in [0, 0.05) is 17.4 Å². The number of hydrogen-bond acceptors (Lipinski definition) is 7. The van der Waals surface area contributed by atoms with Gasteiger partial charge in [-0.3, -0.25) is 4.21 Å². The Morgan fingerprint density at radius 2 is 2.16 bits per heavy atom. The van der Waals surface area contributed by atoms with Gasteiger partial charge in [-0.1, -0.05) is 39.8 Å². The molecule has 0 saturated carbocycles. The highest BCUT2D eigenvalue weighted by Gasteiger charge is 2.50. The maximum Gasteiger partial charge on any atom is 0.335 e. The van der Waals surface area contributed by atoms with E-state index in [-0.39, 0.29) is 18.8 Å². The Morgan fingerprint density at radius 1 is 1.39 bits per heavy atom. The lowest BCUT2D eigenvalue weighted by molar-refractivity contribution is -0.151. The smallest absolute Gasteiger partial charge is 0.335 e. The maximum absolute atomic E-state index is 13.8. The molecule has 1 heterocycles. The number of aliphatic hydroxyl groups excluding tert-OH is 2. The van der Waals surface area contributed by atoms with Gasteiger partial charge >= 0.3 is 5.97 Å². The fourth-order valence-corrected chi connectivity index (χ4v) is 6.98. The van der Waals surface area contributed by atoms with Crippen molar-refractivity contribution in [1.82, 2.24) is 0 Å². The molecule has 2 aliphatic rings. The zero-order chi connectivity index (χ0) is 22.6. The summed E-state index contributed by atoms with van der Waals surface area (Å²) in [6, 6.07) is 7.88. The second kappa shape index (κ2) is 9.65. The van der Waals surface area contributed by atoms with Crippen LogP contribution in [0.5, 0.6) is 0 Å². The molecule has 1 saturated heterocycles. The maximum atomic E-state index is 13.8. The molecule has 1 aliphatic heterocycles. The molecule has 8 heteroatoms. The van der Waals surface area contributed by atoms with E-state index in [1.54, 1.807) is 19.3 Å². The molecule has 1 spiro atoms. The third-order valence-corrected chi connectivity index (χ3v) is 8.61. The number of hydrogen-bond donors (Lipinski definition) is 3. The first-order valence-electron chi connectivity index (χ1n) is 10.5. The zero-order valence-electron chi connectivity index (χ0n) is 18.2. The van der Waals surface area contributed by atoms with Crippen LogP contribution in [0.1, 0.15) is 30.9 Å². The van der Waals surface area contributed by atoms with Crippen LogP contribution in [0.15, 0.2) is 48.3 Å². The summed E-state index contributed by atoms with van der Waals surface area (Å²) in [7, 11) is -2.83. The minimum absolute atomic E-state index is 0.193. The van der Waals surface area contributed by atoms with Crippen LogP contribution in [0, 0.1) is 6.92 Å². The second-order valence-corrected chi connectivity index (χ2v) is 11.6. The van der Waals surface area contributed by atoms with Crippen molar-refractivity contribution >= 4 is 15.9 Å². The van der Waals surface area contributed by atoms with Gasteiger partial charge in [0.2, 0.25) is 0 Å². The van der Waals surface area contributed by atoms with Crippen molar-refractivity contribution in [3.8, 4) is 0 Å². The van der Waals surface area contributed by atoms with E-state index in [1.165, 1.54) is 6.08 Å². The molecule has 1 aliphatic carbocycles. The summed E-state index contributed by atoms with van der Waals surface area (Å²) in [4.78, 5) is 12.8. The normalized spacial score (nSPS) is 29.3. The van der Waals surface area contributed by atoms with Gasteiger partial charge in [-0.25, -0.2) is 4.79 Å². The van der Waals surface area contributed by atoms with E-state index in [0.29, 0.717) is 18.6 Å². The summed E-state index contributed by atoms with van der Waals surface area (Å²) in [6.07, 6.45) is 4.99. The van der Waals surface area contributed by atoms with E-state index in [0.717, 1.165) is 17.4 Å². The van der Waals surface area contributed by atoms with Gasteiger partial charge in [-0.15, -0.1) is 0 Å². The Bertz CT molecular complexity index is 909. The third-order valence-electron chi connectivity index (χ3n) is 5.76. The van der Waals surface area contributed by atoms with E-state index in [4.69, 9.17) is 19.3 Å². The van der Waals surface area contributed by atoms with E-state index in [9.17, 15) is 14.1 Å². The molecule has 1 fully saturated rings. The average molecular weight is 453 g/mol. The Labute approximate surface area is 184 Å². The summed E-state index contributed by atoms with van der Waals surface area (Å²) in [5.74, 6) is -1.40. The van der Waals surface area contributed by atoms with Crippen LogP contribution in [-0.4, -0.2) is 63.1 Å². The Morgan fingerprint density at radius 3 is 2.81 bits per heavy atom. The highest BCUT2D eigenvalue weighted by molar-refractivity contribution is 8.02. The number of rotatable bonds is 7. The van der Waals surface area contributed by atoms with E-state index in [2.05, 4.69) is 0 Å². The fourth-order valence-electron chi connectivity index (χ4n) is 4.39. The minimum atomic E-state index is -2.83. The van der Waals surface area contributed by atoms with E-state index in [1.807, 2.05) is 31.2 Å². The molecule has 2 N–H and O–H groups in total. The molecule has 31 heavy (non-hydrogen) atoms. The number of aliphatic hydroxyl groups is 2. The number of thiol groups is 1. The number of benzene rings is 1. The predicted octanol–water partition coefficient (Wildman–Crippen LogP) is 2.34. The summed E-state index contributed by atoms with van der Waals surface area (Å²) in [5, 5.41) is 18.3. The number of esters is 1. The molecule has 3 unspecified atom stereocenters. The number of ether oxygens (including phenoxy) is 3. The van der Waals surface area contributed by atoms with Crippen LogP contribution in [0.4, 0.5) is 0 Å². The molecular weight excluding hydrogens is 420 g/mol. The molecule has 0 bridgehead atoms. The lowest BCUT2D eigenvalue weighted by Crippen LogP contribution is -2.43. The predicted molar refractivity (Wildman–Crippen MR) is 119 cm³/mol. The van der Waals surface area contributed by atoms with Crippen molar-refractivity contribution in [2.75, 3.05) is 19.5 Å². The van der Waals surface area contributed by atoms with Gasteiger partial charge in [0.05, 0.1) is 25.0 Å². The quantitative estimate of drug-likeness (QED) is 0.332. The van der Waals surface area contributed by atoms with Crippen LogP contribution >= 0.6 is 0 Å². The van der Waals surface area contributed by atoms with Crippen LogP contribution in [0.2, 0.25) is 0 Å². The summed E-state index contributed by atoms with van der Waals surface area (Å²) in [6.45, 7) is 3.60. The van der Waals surface area contributed by atoms with Crippen LogP contribution < -0.4 is 0 Å². The van der Waals surface area contributed by atoms with Gasteiger partial charge in [0.15, 0.2) is 5.79 Å². The highest BCUT2D eigenvalue weighted by atomic mass is 32.2. The number of carbonyl (C=O) groups excluding carboxylic acids is 1. The van der Waals surface area contributed by atoms with Gasteiger partial charge in [0.1, 0.15) is 12.2 Å². The second-order valence-electron chi connectivity index (χ2n) is 8.27. The molecule has 172 valence electrons. The van der Waals surface area contributed by atoms with Gasteiger partial charge < -0.3 is 24.4 Å². The Hall–Kier alpha value is -2.00. The lowest BCUT2D eigenvalue weighted by atomic mass is 9.94. The Kier molecular flexibility index (Phi) is 7.36. The first kappa shape index (κ1) is 23.7. The van der Waals surface area contributed by atoms with E-state index >= 15 is 0 Å². The van der Waals surface area contributed by atoms with Crippen LogP contribution in [0.25, 0.3) is 0 Å². The van der Waals surface area contributed by atoms with Gasteiger partial charge in [-0.05, 0) is 44.2 Å². The molecule has 7 nitrogen and oxygen atoms in total. The highest BCUT2D eigenvalue weighted by Crippen LogP contribution is 2.42. The summed E-state index contributed by atoms with van der Waals surface area (Å²) in [5.41, 5.74) is 2.35. The number of aryl methyl sites for hydroxylation is 1. The monoisotopic (exact) mass is 452 g/mol. The van der Waals surface area contributed by atoms with Gasteiger partial charge in [-0.2, -0.15) is 0 Å². The summed E-state index contributed by atoms with van der Waals surface area (Å²) < 4.78 is 31.0. The van der Waals surface area contributed by atoms with Crippen molar-refractivity contribution in [1.29, 1.82) is 0 Å². The van der Waals surface area contributed by atoms with Crippen molar-refractivity contribution < 1.29 is 33.4 Å². The molecule has 0 aromatic heterocycles. The first-order valence-corrected chi connectivity index (χ1v) is 12.9. The summed E-state index contributed by atoms with van der Waals surface area (Å²) >= 11 is 0. The van der Waals surface area contributed by atoms with E-state index < -0.39 is 39.1 Å². The third kappa shape index (κ3) is 5.26. The molecule has 4 atom stereocenters. The largest absolute Gasteiger partial charge is 0.516 e. The van der Waals surface area contributed by atoms with Crippen LogP contribution in [0.3, 0.4) is 0 Å². The minimum Gasteiger partial charge on any atom is -0.516 e.